The fourth-order valence-electron chi connectivity index (χ4n) is 1.31. The van der Waals surface area contributed by atoms with Crippen molar-refractivity contribution in [2.45, 2.75) is 71.0 Å². The molecule has 1 heteroatoms. The second kappa shape index (κ2) is 6.57. The Morgan fingerprint density at radius 2 is 1.58 bits per heavy atom. The Hall–Kier alpha value is 0.0649. The molecule has 0 aromatic rings. The summed E-state index contributed by atoms with van der Waals surface area (Å²) in [6.07, 6.45) is 9.05. The topological polar surface area (TPSA) is 0 Å². The van der Waals surface area contributed by atoms with Gasteiger partial charge in [0.2, 0.25) is 0 Å². The first-order chi connectivity index (χ1) is 5.62. The quantitative estimate of drug-likeness (QED) is 0.394. The zero-order chi connectivity index (χ0) is 9.45. The Kier molecular flexibility index (Phi) is 6.60. The second-order valence-corrected chi connectivity index (χ2v) is 4.17. The normalized spacial score (nSPS) is 15.9. The van der Waals surface area contributed by atoms with Crippen LogP contribution in [0.5, 0.6) is 0 Å². The van der Waals surface area contributed by atoms with Crippen LogP contribution in [0.25, 0.3) is 0 Å². The highest BCUT2D eigenvalue weighted by Gasteiger charge is 2.12. The van der Waals surface area contributed by atoms with Crippen LogP contribution >= 0.6 is 0 Å². The van der Waals surface area contributed by atoms with Crippen LogP contribution in [-0.4, -0.2) is 7.85 Å². The molecule has 0 bridgehead atoms. The third kappa shape index (κ3) is 6.76. The number of rotatable bonds is 7. The summed E-state index contributed by atoms with van der Waals surface area (Å²) in [7, 11) is 6.03. The summed E-state index contributed by atoms with van der Waals surface area (Å²) in [5.74, 6) is 0. The van der Waals surface area contributed by atoms with Gasteiger partial charge in [-0.1, -0.05) is 71.0 Å². The van der Waals surface area contributed by atoms with Gasteiger partial charge >= 0.3 is 0 Å². The van der Waals surface area contributed by atoms with E-state index in [-0.39, 0.29) is 5.31 Å². The lowest BCUT2D eigenvalue weighted by Gasteiger charge is -2.22. The van der Waals surface area contributed by atoms with E-state index in [9.17, 15) is 0 Å². The van der Waals surface area contributed by atoms with Crippen LogP contribution < -0.4 is 0 Å². The third-order valence-electron chi connectivity index (χ3n) is 2.66. The molecule has 0 aliphatic carbocycles. The maximum Gasteiger partial charge on any atom is 0.0742 e. The molecule has 0 N–H and O–H groups in total. The molecule has 0 aromatic heterocycles. The minimum Gasteiger partial charge on any atom is -0.0691 e. The molecule has 0 aliphatic rings. The molecule has 1 atom stereocenters. The van der Waals surface area contributed by atoms with E-state index >= 15 is 0 Å². The average molecular weight is 166 g/mol. The van der Waals surface area contributed by atoms with Crippen molar-refractivity contribution >= 4 is 7.85 Å². The first kappa shape index (κ1) is 12.1. The van der Waals surface area contributed by atoms with Crippen LogP contribution in [0.2, 0.25) is 5.31 Å². The number of unbranched alkanes of at least 4 members (excludes halogenated alkanes) is 4. The number of hydrogen-bond acceptors (Lipinski definition) is 0. The van der Waals surface area contributed by atoms with Gasteiger partial charge in [-0.2, -0.15) is 0 Å². The second-order valence-electron chi connectivity index (χ2n) is 4.17. The van der Waals surface area contributed by atoms with Crippen LogP contribution in [0.1, 0.15) is 65.7 Å². The van der Waals surface area contributed by atoms with Gasteiger partial charge < -0.3 is 0 Å². The van der Waals surface area contributed by atoms with E-state index in [4.69, 9.17) is 7.85 Å². The molecule has 1 unspecified atom stereocenters. The molecule has 0 spiro atoms. The Balaban J connectivity index is 3.19. The fourth-order valence-corrected chi connectivity index (χ4v) is 1.31. The molecule has 12 heavy (non-hydrogen) atoms. The van der Waals surface area contributed by atoms with E-state index in [2.05, 4.69) is 20.8 Å². The zero-order valence-corrected chi connectivity index (χ0v) is 9.03. The molecular weight excluding hydrogens is 143 g/mol. The minimum atomic E-state index is 0.0895. The summed E-state index contributed by atoms with van der Waals surface area (Å²) in [5.41, 5.74) is 0. The lowest BCUT2D eigenvalue weighted by Crippen LogP contribution is -2.05. The predicted molar refractivity (Wildman–Crippen MR) is 57.8 cm³/mol. The summed E-state index contributed by atoms with van der Waals surface area (Å²) in [5, 5.41) is 0.0895. The summed E-state index contributed by atoms with van der Waals surface area (Å²) >= 11 is 0. The van der Waals surface area contributed by atoms with Gasteiger partial charge in [-0.25, -0.2) is 0 Å². The van der Waals surface area contributed by atoms with E-state index in [0.29, 0.717) is 0 Å². The smallest absolute Gasteiger partial charge is 0.0691 e. The van der Waals surface area contributed by atoms with Gasteiger partial charge in [0.25, 0.3) is 0 Å². The molecule has 70 valence electrons. The van der Waals surface area contributed by atoms with Gasteiger partial charge in [-0.15, -0.1) is 0 Å². The lowest BCUT2D eigenvalue weighted by atomic mass is 9.65. The van der Waals surface area contributed by atoms with Crippen molar-refractivity contribution in [3.05, 3.63) is 0 Å². The summed E-state index contributed by atoms with van der Waals surface area (Å²) in [6.45, 7) is 6.58. The lowest BCUT2D eigenvalue weighted by molar-refractivity contribution is 0.493. The van der Waals surface area contributed by atoms with Crippen LogP contribution in [0.3, 0.4) is 0 Å². The first-order valence-corrected chi connectivity index (χ1v) is 5.41. The van der Waals surface area contributed by atoms with Gasteiger partial charge in [0.1, 0.15) is 0 Å². The van der Waals surface area contributed by atoms with E-state index in [0.717, 1.165) is 6.42 Å². The zero-order valence-electron chi connectivity index (χ0n) is 9.03. The Bertz CT molecular complexity index is 97.2. The summed E-state index contributed by atoms with van der Waals surface area (Å²) in [4.78, 5) is 0. The van der Waals surface area contributed by atoms with Gasteiger partial charge in [0.15, 0.2) is 0 Å². The van der Waals surface area contributed by atoms with E-state index in [1.165, 1.54) is 38.5 Å². The first-order valence-electron chi connectivity index (χ1n) is 5.41. The van der Waals surface area contributed by atoms with Crippen molar-refractivity contribution in [3.63, 3.8) is 0 Å². The van der Waals surface area contributed by atoms with E-state index < -0.39 is 0 Å². The van der Waals surface area contributed by atoms with Crippen LogP contribution in [-0.2, 0) is 0 Å². The summed E-state index contributed by atoms with van der Waals surface area (Å²) < 4.78 is 0. The molecular formula is C11H23B. The van der Waals surface area contributed by atoms with Crippen LogP contribution in [0.15, 0.2) is 0 Å². The van der Waals surface area contributed by atoms with Crippen molar-refractivity contribution in [2.24, 2.45) is 0 Å². The van der Waals surface area contributed by atoms with Crippen molar-refractivity contribution in [1.82, 2.24) is 0 Å². The Labute approximate surface area is 79.5 Å². The molecule has 0 heterocycles. The minimum absolute atomic E-state index is 0.0895. The van der Waals surface area contributed by atoms with Gasteiger partial charge in [-0.3, -0.25) is 0 Å². The summed E-state index contributed by atoms with van der Waals surface area (Å²) in [6, 6.07) is 0. The Morgan fingerprint density at radius 1 is 1.00 bits per heavy atom. The van der Waals surface area contributed by atoms with Gasteiger partial charge in [0.05, 0.1) is 7.85 Å². The fraction of sp³-hybridized carbons (Fsp3) is 1.00. The molecule has 2 radical (unpaired) electrons. The molecule has 0 aliphatic heterocycles. The highest BCUT2D eigenvalue weighted by molar-refractivity contribution is 6.14. The van der Waals surface area contributed by atoms with Crippen molar-refractivity contribution < 1.29 is 0 Å². The van der Waals surface area contributed by atoms with E-state index in [1.807, 2.05) is 0 Å². The largest absolute Gasteiger partial charge is 0.0742 e. The molecule has 0 nitrogen and oxygen atoms in total. The maximum atomic E-state index is 6.03. The molecule has 0 saturated heterocycles. The third-order valence-corrected chi connectivity index (χ3v) is 2.66. The highest BCUT2D eigenvalue weighted by Crippen LogP contribution is 2.31. The van der Waals surface area contributed by atoms with Crippen molar-refractivity contribution in [1.29, 1.82) is 0 Å². The molecule has 0 amide bonds. The predicted octanol–water partition coefficient (Wildman–Crippen LogP) is 4.10. The maximum absolute atomic E-state index is 6.03. The average Bonchev–Trinajstić information content (AvgIpc) is 2.04. The van der Waals surface area contributed by atoms with Crippen LogP contribution in [0, 0.1) is 0 Å². The van der Waals surface area contributed by atoms with Crippen molar-refractivity contribution in [2.75, 3.05) is 0 Å². The van der Waals surface area contributed by atoms with Gasteiger partial charge in [-0.05, 0) is 0 Å². The van der Waals surface area contributed by atoms with Crippen molar-refractivity contribution in [3.8, 4) is 0 Å². The SMILES string of the molecule is [B]C(C)(CC)CCCCCCC. The number of hydrogen-bond donors (Lipinski definition) is 0. The molecule has 0 aromatic carbocycles. The van der Waals surface area contributed by atoms with Gasteiger partial charge in [0, 0.05) is 0 Å². The van der Waals surface area contributed by atoms with Crippen LogP contribution in [0.4, 0.5) is 0 Å². The highest BCUT2D eigenvalue weighted by atomic mass is 14.1. The van der Waals surface area contributed by atoms with E-state index in [1.54, 1.807) is 0 Å². The monoisotopic (exact) mass is 166 g/mol. The Morgan fingerprint density at radius 3 is 2.08 bits per heavy atom. The molecule has 0 saturated carbocycles. The standard InChI is InChI=1S/C11H23B/c1-4-6-7-8-9-10-11(3,12)5-2/h4-10H2,1-3H3. The molecule has 0 rings (SSSR count). The molecule has 0 fully saturated rings.